The van der Waals surface area contributed by atoms with Gasteiger partial charge in [0, 0.05) is 10.6 Å². The van der Waals surface area contributed by atoms with Gasteiger partial charge in [-0.2, -0.15) is 0 Å². The van der Waals surface area contributed by atoms with E-state index < -0.39 is 0 Å². The molecule has 0 saturated heterocycles. The fraction of sp³-hybridized carbons (Fsp3) is 0.0870. The molecular weight excluding hydrogens is 451 g/mol. The molecule has 1 N–H and O–H groups in total. The van der Waals surface area contributed by atoms with Crippen molar-refractivity contribution in [1.29, 1.82) is 0 Å². The Morgan fingerprint density at radius 3 is 2.35 bits per heavy atom. The molecule has 8 heteroatoms. The van der Waals surface area contributed by atoms with Gasteiger partial charge >= 0.3 is 0 Å². The maximum Gasteiger partial charge on any atom is 0.234 e. The Morgan fingerprint density at radius 1 is 0.903 bits per heavy atom. The third kappa shape index (κ3) is 5.47. The Kier molecular flexibility index (Phi) is 6.92. The van der Waals surface area contributed by atoms with Gasteiger partial charge in [-0.15, -0.1) is 10.2 Å². The van der Waals surface area contributed by atoms with Crippen LogP contribution in [-0.2, 0) is 11.3 Å². The fourth-order valence-electron chi connectivity index (χ4n) is 3.00. The van der Waals surface area contributed by atoms with Gasteiger partial charge in [0.15, 0.2) is 11.0 Å². The van der Waals surface area contributed by atoms with Gasteiger partial charge in [0.2, 0.25) is 5.91 Å². The number of nitrogens with zero attached hydrogens (tertiary/aromatic N) is 3. The fourth-order valence-corrected chi connectivity index (χ4v) is 4.04. The molecule has 1 amide bonds. The van der Waals surface area contributed by atoms with E-state index in [0.29, 0.717) is 27.4 Å². The van der Waals surface area contributed by atoms with Crippen LogP contribution in [0.4, 0.5) is 5.69 Å². The van der Waals surface area contributed by atoms with Crippen molar-refractivity contribution in [2.45, 2.75) is 11.7 Å². The first-order chi connectivity index (χ1) is 15.1. The summed E-state index contributed by atoms with van der Waals surface area (Å²) in [6, 6.07) is 24.7. The minimum absolute atomic E-state index is 0.166. The lowest BCUT2D eigenvalue weighted by Gasteiger charge is -2.11. The van der Waals surface area contributed by atoms with Crippen molar-refractivity contribution in [3.63, 3.8) is 0 Å². The van der Waals surface area contributed by atoms with Gasteiger partial charge in [-0.3, -0.25) is 9.36 Å². The summed E-state index contributed by atoms with van der Waals surface area (Å²) in [5.74, 6) is 0.730. The molecule has 0 aliphatic rings. The van der Waals surface area contributed by atoms with Crippen LogP contribution >= 0.6 is 35.0 Å². The largest absolute Gasteiger partial charge is 0.324 e. The normalized spacial score (nSPS) is 10.8. The minimum Gasteiger partial charge on any atom is -0.324 e. The van der Waals surface area contributed by atoms with E-state index in [2.05, 4.69) is 15.5 Å². The maximum absolute atomic E-state index is 12.5. The molecule has 0 radical (unpaired) electrons. The third-order valence-corrected chi connectivity index (χ3v) is 6.03. The van der Waals surface area contributed by atoms with E-state index in [1.165, 1.54) is 11.8 Å². The van der Waals surface area contributed by atoms with Crippen LogP contribution in [0.5, 0.6) is 0 Å². The van der Waals surface area contributed by atoms with Gasteiger partial charge in [-0.1, -0.05) is 77.4 Å². The number of carbonyl (C=O) groups is 1. The third-order valence-electron chi connectivity index (χ3n) is 4.48. The highest BCUT2D eigenvalue weighted by molar-refractivity contribution is 7.99. The predicted molar refractivity (Wildman–Crippen MR) is 127 cm³/mol. The highest BCUT2D eigenvalue weighted by Crippen LogP contribution is 2.27. The summed E-state index contributed by atoms with van der Waals surface area (Å²) >= 11 is 13.5. The van der Waals surface area contributed by atoms with Crippen LogP contribution in [0.3, 0.4) is 0 Å². The van der Waals surface area contributed by atoms with E-state index in [-0.39, 0.29) is 11.7 Å². The van der Waals surface area contributed by atoms with Crippen molar-refractivity contribution in [1.82, 2.24) is 14.8 Å². The highest BCUT2D eigenvalue weighted by atomic mass is 35.5. The number of nitrogens with one attached hydrogen (secondary N) is 1. The molecule has 4 aromatic rings. The van der Waals surface area contributed by atoms with Gasteiger partial charge < -0.3 is 5.32 Å². The second-order valence-electron chi connectivity index (χ2n) is 6.70. The first-order valence-electron chi connectivity index (χ1n) is 9.50. The molecule has 0 aliphatic heterocycles. The minimum atomic E-state index is -0.166. The number of benzene rings is 3. The van der Waals surface area contributed by atoms with Gasteiger partial charge in [-0.05, 0) is 42.0 Å². The van der Waals surface area contributed by atoms with Crippen molar-refractivity contribution in [2.24, 2.45) is 0 Å². The average molecular weight is 469 g/mol. The number of amides is 1. The smallest absolute Gasteiger partial charge is 0.234 e. The van der Waals surface area contributed by atoms with Gasteiger partial charge in [-0.25, -0.2) is 0 Å². The van der Waals surface area contributed by atoms with Crippen LogP contribution in [0.2, 0.25) is 10.0 Å². The summed E-state index contributed by atoms with van der Waals surface area (Å²) in [6.45, 7) is 0.584. The summed E-state index contributed by atoms with van der Waals surface area (Å²) in [5, 5.41) is 13.4. The van der Waals surface area contributed by atoms with E-state index in [4.69, 9.17) is 23.2 Å². The zero-order valence-electron chi connectivity index (χ0n) is 16.3. The highest BCUT2D eigenvalue weighted by Gasteiger charge is 2.16. The molecule has 0 unspecified atom stereocenters. The zero-order valence-corrected chi connectivity index (χ0v) is 18.7. The quantitative estimate of drug-likeness (QED) is 0.336. The molecule has 0 atom stereocenters. The molecule has 4 rings (SSSR count). The van der Waals surface area contributed by atoms with E-state index in [0.717, 1.165) is 17.0 Å². The molecular formula is C23H18Cl2N4OS. The molecule has 1 aromatic heterocycles. The SMILES string of the molecule is O=C(CSc1nnc(-c2ccc(Cl)cc2)n1Cc1ccccc1)Nc1ccccc1Cl. The molecule has 3 aromatic carbocycles. The lowest BCUT2D eigenvalue weighted by Crippen LogP contribution is -2.15. The molecule has 0 saturated carbocycles. The molecule has 0 spiro atoms. The van der Waals surface area contributed by atoms with Crippen LogP contribution in [0, 0.1) is 0 Å². The summed E-state index contributed by atoms with van der Waals surface area (Å²) in [6.07, 6.45) is 0. The molecule has 0 fully saturated rings. The summed E-state index contributed by atoms with van der Waals surface area (Å²) in [4.78, 5) is 12.5. The van der Waals surface area contributed by atoms with Crippen LogP contribution in [0.15, 0.2) is 84.0 Å². The Bertz CT molecular complexity index is 1180. The van der Waals surface area contributed by atoms with Crippen molar-refractivity contribution in [2.75, 3.05) is 11.1 Å². The lowest BCUT2D eigenvalue weighted by atomic mass is 10.2. The summed E-state index contributed by atoms with van der Waals surface area (Å²) < 4.78 is 2.01. The molecule has 5 nitrogen and oxygen atoms in total. The maximum atomic E-state index is 12.5. The van der Waals surface area contributed by atoms with Crippen LogP contribution < -0.4 is 5.32 Å². The van der Waals surface area contributed by atoms with Crippen LogP contribution in [0.25, 0.3) is 11.4 Å². The Hall–Kier alpha value is -2.80. The summed E-state index contributed by atoms with van der Waals surface area (Å²) in [7, 11) is 0. The number of hydrogen-bond donors (Lipinski definition) is 1. The second kappa shape index (κ2) is 10.0. The number of anilines is 1. The monoisotopic (exact) mass is 468 g/mol. The Morgan fingerprint density at radius 2 is 1.61 bits per heavy atom. The Balaban J connectivity index is 1.55. The number of hydrogen-bond acceptors (Lipinski definition) is 4. The molecule has 156 valence electrons. The van der Waals surface area contributed by atoms with Crippen molar-refractivity contribution in [3.8, 4) is 11.4 Å². The molecule has 31 heavy (non-hydrogen) atoms. The molecule has 0 aliphatic carbocycles. The Labute approximate surface area is 194 Å². The molecule has 1 heterocycles. The first kappa shape index (κ1) is 21.4. The predicted octanol–water partition coefficient (Wildman–Crippen LogP) is 6.03. The average Bonchev–Trinajstić information content (AvgIpc) is 3.17. The zero-order chi connectivity index (χ0) is 21.6. The number of para-hydroxylation sites is 1. The molecule has 0 bridgehead atoms. The van der Waals surface area contributed by atoms with E-state index in [9.17, 15) is 4.79 Å². The first-order valence-corrected chi connectivity index (χ1v) is 11.2. The van der Waals surface area contributed by atoms with Crippen molar-refractivity contribution >= 4 is 46.6 Å². The van der Waals surface area contributed by atoms with Crippen LogP contribution in [-0.4, -0.2) is 26.4 Å². The summed E-state index contributed by atoms with van der Waals surface area (Å²) in [5.41, 5.74) is 2.60. The van der Waals surface area contributed by atoms with E-state index >= 15 is 0 Å². The van der Waals surface area contributed by atoms with E-state index in [1.807, 2.05) is 71.3 Å². The number of rotatable bonds is 7. The van der Waals surface area contributed by atoms with Crippen molar-refractivity contribution < 1.29 is 4.79 Å². The van der Waals surface area contributed by atoms with Gasteiger partial charge in [0.05, 0.1) is 23.0 Å². The lowest BCUT2D eigenvalue weighted by molar-refractivity contribution is -0.113. The van der Waals surface area contributed by atoms with Crippen LogP contribution in [0.1, 0.15) is 5.56 Å². The van der Waals surface area contributed by atoms with Gasteiger partial charge in [0.1, 0.15) is 0 Å². The number of thioether (sulfide) groups is 1. The topological polar surface area (TPSA) is 59.8 Å². The second-order valence-corrected chi connectivity index (χ2v) is 8.49. The number of carbonyl (C=O) groups excluding carboxylic acids is 1. The number of aromatic nitrogens is 3. The van der Waals surface area contributed by atoms with Gasteiger partial charge in [0.25, 0.3) is 0 Å². The standard InChI is InChI=1S/C23H18Cl2N4OS/c24-18-12-10-17(11-13-18)22-27-28-23(29(22)14-16-6-2-1-3-7-16)31-15-21(30)26-20-9-5-4-8-19(20)25/h1-13H,14-15H2,(H,26,30). The number of halogens is 2. The van der Waals surface area contributed by atoms with E-state index in [1.54, 1.807) is 12.1 Å². The van der Waals surface area contributed by atoms with Crippen molar-refractivity contribution in [3.05, 3.63) is 94.5 Å².